The number of benzene rings is 2. The maximum Gasteiger partial charge on any atom is 0.147 e. The van der Waals surface area contributed by atoms with Crippen molar-refractivity contribution in [3.8, 4) is 0 Å². The highest BCUT2D eigenvalue weighted by atomic mass is 19.1. The van der Waals surface area contributed by atoms with Gasteiger partial charge in [0.25, 0.3) is 0 Å². The van der Waals surface area contributed by atoms with Crippen LogP contribution in [0, 0.1) is 5.82 Å². The Morgan fingerprint density at radius 1 is 1.10 bits per heavy atom. The molecule has 3 heteroatoms. The summed E-state index contributed by atoms with van der Waals surface area (Å²) in [6.45, 7) is 7.61. The van der Waals surface area contributed by atoms with E-state index in [2.05, 4.69) is 19.2 Å². The van der Waals surface area contributed by atoms with Crippen molar-refractivity contribution in [1.29, 1.82) is 0 Å². The van der Waals surface area contributed by atoms with Gasteiger partial charge in [0.1, 0.15) is 5.82 Å². The highest BCUT2D eigenvalue weighted by Gasteiger charge is 2.12. The fourth-order valence-corrected chi connectivity index (χ4v) is 2.30. The van der Waals surface area contributed by atoms with E-state index in [1.807, 2.05) is 54.3 Å². The van der Waals surface area contributed by atoms with Crippen LogP contribution in [0.5, 0.6) is 0 Å². The molecule has 1 N–H and O–H groups in total. The number of anilines is 2. The van der Waals surface area contributed by atoms with Crippen LogP contribution in [0.4, 0.5) is 15.8 Å². The first-order valence-electron chi connectivity index (χ1n) is 7.46. The lowest BCUT2D eigenvalue weighted by atomic mass is 10.1. The molecular formula is C18H23FN2. The monoisotopic (exact) mass is 286 g/mol. The quantitative estimate of drug-likeness (QED) is 0.842. The van der Waals surface area contributed by atoms with E-state index < -0.39 is 0 Å². The van der Waals surface area contributed by atoms with Gasteiger partial charge in [-0.3, -0.25) is 0 Å². The largest absolute Gasteiger partial charge is 0.339 e. The van der Waals surface area contributed by atoms with E-state index >= 15 is 0 Å². The van der Waals surface area contributed by atoms with Gasteiger partial charge in [-0.25, -0.2) is 4.39 Å². The second kappa shape index (κ2) is 7.23. The summed E-state index contributed by atoms with van der Waals surface area (Å²) in [6.07, 6.45) is 0. The highest BCUT2D eigenvalue weighted by molar-refractivity contribution is 5.63. The van der Waals surface area contributed by atoms with E-state index in [9.17, 15) is 4.39 Å². The summed E-state index contributed by atoms with van der Waals surface area (Å²) in [4.78, 5) is 1.98. The second-order valence-corrected chi connectivity index (χ2v) is 5.40. The van der Waals surface area contributed by atoms with E-state index in [4.69, 9.17) is 0 Å². The summed E-state index contributed by atoms with van der Waals surface area (Å²) in [6, 6.07) is 15.8. The minimum absolute atomic E-state index is 0.177. The number of nitrogens with zero attached hydrogens (tertiary/aromatic N) is 1. The van der Waals surface area contributed by atoms with E-state index in [0.717, 1.165) is 17.8 Å². The summed E-state index contributed by atoms with van der Waals surface area (Å²) in [5, 5.41) is 3.30. The van der Waals surface area contributed by atoms with Crippen LogP contribution in [0.2, 0.25) is 0 Å². The third-order valence-electron chi connectivity index (χ3n) is 3.40. The van der Waals surface area contributed by atoms with Gasteiger partial charge in [-0.1, -0.05) is 38.1 Å². The van der Waals surface area contributed by atoms with Gasteiger partial charge in [0.05, 0.1) is 5.69 Å². The summed E-state index contributed by atoms with van der Waals surface area (Å²) in [7, 11) is 0. The van der Waals surface area contributed by atoms with Gasteiger partial charge in [0, 0.05) is 24.8 Å². The number of hydrogen-bond acceptors (Lipinski definition) is 2. The molecule has 2 rings (SSSR count). The predicted octanol–water partition coefficient (Wildman–Crippen LogP) is 4.48. The molecule has 0 aliphatic heterocycles. The van der Waals surface area contributed by atoms with Crippen molar-refractivity contribution in [2.24, 2.45) is 0 Å². The van der Waals surface area contributed by atoms with Crippen molar-refractivity contribution in [2.45, 2.75) is 33.4 Å². The van der Waals surface area contributed by atoms with Crippen molar-refractivity contribution < 1.29 is 4.39 Å². The first-order chi connectivity index (χ1) is 10.1. The second-order valence-electron chi connectivity index (χ2n) is 5.40. The Kier molecular flexibility index (Phi) is 5.34. The predicted molar refractivity (Wildman–Crippen MR) is 87.5 cm³/mol. The number of nitrogens with one attached hydrogen (secondary N) is 1. The molecule has 0 saturated carbocycles. The summed E-state index contributed by atoms with van der Waals surface area (Å²) in [5.74, 6) is -0.177. The fourth-order valence-electron chi connectivity index (χ4n) is 2.30. The van der Waals surface area contributed by atoms with E-state index in [-0.39, 0.29) is 5.82 Å². The van der Waals surface area contributed by atoms with E-state index in [1.165, 1.54) is 0 Å². The molecule has 0 heterocycles. The third-order valence-corrected chi connectivity index (χ3v) is 3.40. The zero-order chi connectivity index (χ0) is 15.2. The number of halogens is 1. The number of rotatable bonds is 6. The zero-order valence-corrected chi connectivity index (χ0v) is 12.9. The SMILES string of the molecule is CCN(c1ccccc1)c1ccc(CNC(C)C)cc1F. The number of para-hydroxylation sites is 1. The number of hydrogen-bond donors (Lipinski definition) is 1. The standard InChI is InChI=1S/C18H23FN2/c1-4-21(16-8-6-5-7-9-16)18-11-10-15(12-17(18)19)13-20-14(2)3/h5-12,14,20H,4,13H2,1-3H3. The zero-order valence-electron chi connectivity index (χ0n) is 12.9. The molecule has 0 radical (unpaired) electrons. The van der Waals surface area contributed by atoms with E-state index in [0.29, 0.717) is 18.3 Å². The summed E-state index contributed by atoms with van der Waals surface area (Å²) < 4.78 is 14.4. The van der Waals surface area contributed by atoms with Crippen molar-refractivity contribution in [1.82, 2.24) is 5.32 Å². The molecule has 0 unspecified atom stereocenters. The van der Waals surface area contributed by atoms with Gasteiger partial charge < -0.3 is 10.2 Å². The van der Waals surface area contributed by atoms with Gasteiger partial charge in [-0.2, -0.15) is 0 Å². The summed E-state index contributed by atoms with van der Waals surface area (Å²) in [5.41, 5.74) is 2.60. The minimum atomic E-state index is -0.177. The first kappa shape index (κ1) is 15.5. The van der Waals surface area contributed by atoms with Crippen molar-refractivity contribution in [2.75, 3.05) is 11.4 Å². The van der Waals surface area contributed by atoms with Crippen LogP contribution in [-0.4, -0.2) is 12.6 Å². The molecule has 0 spiro atoms. The van der Waals surface area contributed by atoms with Gasteiger partial charge in [-0.15, -0.1) is 0 Å². The average Bonchev–Trinajstić information content (AvgIpc) is 2.49. The lowest BCUT2D eigenvalue weighted by molar-refractivity contribution is 0.581. The lowest BCUT2D eigenvalue weighted by Gasteiger charge is -2.24. The lowest BCUT2D eigenvalue weighted by Crippen LogP contribution is -2.22. The Labute approximate surface area is 126 Å². The maximum atomic E-state index is 14.4. The first-order valence-corrected chi connectivity index (χ1v) is 7.46. The molecule has 112 valence electrons. The van der Waals surface area contributed by atoms with E-state index in [1.54, 1.807) is 6.07 Å². The van der Waals surface area contributed by atoms with Gasteiger partial charge in [0.15, 0.2) is 0 Å². The van der Waals surface area contributed by atoms with Crippen LogP contribution in [0.3, 0.4) is 0 Å². The highest BCUT2D eigenvalue weighted by Crippen LogP contribution is 2.28. The molecule has 0 aliphatic carbocycles. The molecule has 0 saturated heterocycles. The molecule has 21 heavy (non-hydrogen) atoms. The molecule has 2 aromatic carbocycles. The smallest absolute Gasteiger partial charge is 0.147 e. The Morgan fingerprint density at radius 2 is 1.81 bits per heavy atom. The van der Waals surface area contributed by atoms with Gasteiger partial charge >= 0.3 is 0 Å². The van der Waals surface area contributed by atoms with Crippen LogP contribution in [0.25, 0.3) is 0 Å². The fraction of sp³-hybridized carbons (Fsp3) is 0.333. The van der Waals surface area contributed by atoms with Crippen LogP contribution in [-0.2, 0) is 6.54 Å². The molecule has 0 amide bonds. The average molecular weight is 286 g/mol. The Bertz CT molecular complexity index is 567. The molecule has 0 fully saturated rings. The van der Waals surface area contributed by atoms with Crippen molar-refractivity contribution in [3.05, 3.63) is 59.9 Å². The molecule has 0 bridgehead atoms. The molecule has 2 aromatic rings. The molecule has 0 atom stereocenters. The topological polar surface area (TPSA) is 15.3 Å². The van der Waals surface area contributed by atoms with Crippen LogP contribution in [0.15, 0.2) is 48.5 Å². The van der Waals surface area contributed by atoms with Crippen LogP contribution < -0.4 is 10.2 Å². The molecule has 0 aliphatic rings. The van der Waals surface area contributed by atoms with Crippen molar-refractivity contribution in [3.63, 3.8) is 0 Å². The minimum Gasteiger partial charge on any atom is -0.339 e. The van der Waals surface area contributed by atoms with Gasteiger partial charge in [-0.05, 0) is 36.8 Å². The molecule has 0 aromatic heterocycles. The van der Waals surface area contributed by atoms with Crippen LogP contribution >= 0.6 is 0 Å². The van der Waals surface area contributed by atoms with Crippen LogP contribution in [0.1, 0.15) is 26.3 Å². The Balaban J connectivity index is 2.23. The molecule has 2 nitrogen and oxygen atoms in total. The Morgan fingerprint density at radius 3 is 2.38 bits per heavy atom. The summed E-state index contributed by atoms with van der Waals surface area (Å²) >= 11 is 0. The Hall–Kier alpha value is -1.87. The van der Waals surface area contributed by atoms with Gasteiger partial charge in [0.2, 0.25) is 0 Å². The normalized spacial score (nSPS) is 10.9. The maximum absolute atomic E-state index is 14.4. The third kappa shape index (κ3) is 4.05. The van der Waals surface area contributed by atoms with Crippen molar-refractivity contribution >= 4 is 11.4 Å². The molecular weight excluding hydrogens is 263 g/mol.